The molecule has 0 spiro atoms. The lowest BCUT2D eigenvalue weighted by Gasteiger charge is -2.19. The average molecular weight is 292 g/mol. The number of nitrogens with zero attached hydrogens (tertiary/aromatic N) is 1. The Balaban J connectivity index is 2.12. The van der Waals surface area contributed by atoms with Crippen LogP contribution in [0.2, 0.25) is 0 Å². The highest BCUT2D eigenvalue weighted by molar-refractivity contribution is 7.71. The van der Waals surface area contributed by atoms with Crippen molar-refractivity contribution < 1.29 is 0 Å². The summed E-state index contributed by atoms with van der Waals surface area (Å²) in [4.78, 5) is 3.24. The van der Waals surface area contributed by atoms with Gasteiger partial charge in [0, 0.05) is 11.3 Å². The van der Waals surface area contributed by atoms with Crippen LogP contribution in [0.5, 0.6) is 0 Å². The van der Waals surface area contributed by atoms with E-state index in [1.807, 2.05) is 24.3 Å². The van der Waals surface area contributed by atoms with Crippen LogP contribution in [0.4, 0.5) is 0 Å². The number of hydrogen-bond acceptors (Lipinski definition) is 2. The summed E-state index contributed by atoms with van der Waals surface area (Å²) >= 11 is 5.34. The number of nitrogens with one attached hydrogen (secondary N) is 1. The maximum absolute atomic E-state index is 9.43. The minimum absolute atomic E-state index is 0.561. The highest BCUT2D eigenvalue weighted by Crippen LogP contribution is 2.27. The maximum atomic E-state index is 9.43. The Bertz CT molecular complexity index is 779. The van der Waals surface area contributed by atoms with Crippen molar-refractivity contribution >= 4 is 24.4 Å². The third-order valence-electron chi connectivity index (χ3n) is 3.91. The van der Waals surface area contributed by atoms with Gasteiger partial charge in [-0.3, -0.25) is 0 Å². The van der Waals surface area contributed by atoms with Gasteiger partial charge in [-0.15, -0.1) is 0 Å². The van der Waals surface area contributed by atoms with Crippen LogP contribution in [-0.4, -0.2) is 4.98 Å². The summed E-state index contributed by atoms with van der Waals surface area (Å²) in [6, 6.07) is 12.4. The topological polar surface area (TPSA) is 39.6 Å². The number of nitriles is 1. The van der Waals surface area contributed by atoms with Crippen molar-refractivity contribution in [2.75, 3.05) is 0 Å². The Morgan fingerprint density at radius 2 is 1.86 bits per heavy atom. The van der Waals surface area contributed by atoms with Crippen LogP contribution in [0.15, 0.2) is 30.3 Å². The molecule has 104 valence electrons. The van der Waals surface area contributed by atoms with Crippen LogP contribution in [0, 0.1) is 16.0 Å². The van der Waals surface area contributed by atoms with Crippen molar-refractivity contribution in [3.8, 4) is 6.07 Å². The standard InChI is InChI=1S/C18H16N2S/c19-12-16-14(11-10-13-6-2-1-3-7-13)15-8-4-5-9-17(15)20-18(16)21/h1-3,6-7,10-11H,4-5,8-9H2,(H,20,21)/b11-10+. The van der Waals surface area contributed by atoms with Gasteiger partial charge >= 0.3 is 0 Å². The predicted octanol–water partition coefficient (Wildman–Crippen LogP) is 4.67. The molecule has 1 aliphatic rings. The lowest BCUT2D eigenvalue weighted by atomic mass is 9.90. The van der Waals surface area contributed by atoms with Gasteiger partial charge in [0.1, 0.15) is 10.7 Å². The molecule has 0 aliphatic heterocycles. The molecular weight excluding hydrogens is 276 g/mol. The molecule has 0 radical (unpaired) electrons. The molecule has 1 aliphatic carbocycles. The number of fused-ring (bicyclic) bond motifs is 1. The Kier molecular flexibility index (Phi) is 3.98. The molecule has 0 atom stereocenters. The Morgan fingerprint density at radius 1 is 1.10 bits per heavy atom. The number of hydrogen-bond donors (Lipinski definition) is 1. The number of pyridine rings is 1. The van der Waals surface area contributed by atoms with Gasteiger partial charge in [0.2, 0.25) is 0 Å². The second-order valence-electron chi connectivity index (χ2n) is 5.26. The molecule has 0 bridgehead atoms. The zero-order valence-corrected chi connectivity index (χ0v) is 12.5. The number of H-pyrrole nitrogens is 1. The number of rotatable bonds is 2. The van der Waals surface area contributed by atoms with Gasteiger partial charge in [-0.25, -0.2) is 0 Å². The second-order valence-corrected chi connectivity index (χ2v) is 5.67. The summed E-state index contributed by atoms with van der Waals surface area (Å²) < 4.78 is 0.561. The van der Waals surface area contributed by atoms with Gasteiger partial charge < -0.3 is 4.98 Å². The third kappa shape index (κ3) is 2.81. The van der Waals surface area contributed by atoms with Gasteiger partial charge in [-0.2, -0.15) is 5.26 Å². The Morgan fingerprint density at radius 3 is 2.62 bits per heavy atom. The van der Waals surface area contributed by atoms with Crippen molar-refractivity contribution in [3.05, 3.63) is 62.9 Å². The van der Waals surface area contributed by atoms with E-state index in [4.69, 9.17) is 12.2 Å². The largest absolute Gasteiger partial charge is 0.349 e. The number of benzene rings is 1. The second kappa shape index (κ2) is 6.07. The maximum Gasteiger partial charge on any atom is 0.122 e. The lowest BCUT2D eigenvalue weighted by molar-refractivity contribution is 0.665. The van der Waals surface area contributed by atoms with E-state index < -0.39 is 0 Å². The highest BCUT2D eigenvalue weighted by Gasteiger charge is 2.16. The first-order chi connectivity index (χ1) is 10.3. The van der Waals surface area contributed by atoms with Crippen LogP contribution >= 0.6 is 12.2 Å². The van der Waals surface area contributed by atoms with E-state index in [0.29, 0.717) is 10.2 Å². The van der Waals surface area contributed by atoms with Crippen molar-refractivity contribution in [3.63, 3.8) is 0 Å². The molecule has 3 rings (SSSR count). The summed E-state index contributed by atoms with van der Waals surface area (Å²) in [5.74, 6) is 0. The average Bonchev–Trinajstić information content (AvgIpc) is 2.53. The summed E-state index contributed by atoms with van der Waals surface area (Å²) in [6.45, 7) is 0. The molecule has 1 aromatic heterocycles. The highest BCUT2D eigenvalue weighted by atomic mass is 32.1. The van der Waals surface area contributed by atoms with E-state index in [0.717, 1.165) is 24.0 Å². The van der Waals surface area contributed by atoms with Crippen LogP contribution < -0.4 is 0 Å². The molecule has 1 heterocycles. The SMILES string of the molecule is N#Cc1c(/C=C/c2ccccc2)c2c([nH]c1=S)CCCC2. The fourth-order valence-electron chi connectivity index (χ4n) is 2.85. The molecule has 21 heavy (non-hydrogen) atoms. The van der Waals surface area contributed by atoms with E-state index in [2.05, 4.69) is 29.3 Å². The molecule has 0 fully saturated rings. The summed E-state index contributed by atoms with van der Waals surface area (Å²) in [5.41, 5.74) is 5.19. The first-order valence-corrected chi connectivity index (χ1v) is 7.61. The number of aromatic nitrogens is 1. The third-order valence-corrected chi connectivity index (χ3v) is 4.21. The minimum atomic E-state index is 0.561. The van der Waals surface area contributed by atoms with Crippen LogP contribution in [0.1, 0.15) is 40.8 Å². The molecule has 1 aromatic carbocycles. The van der Waals surface area contributed by atoms with Crippen molar-refractivity contribution in [1.82, 2.24) is 4.98 Å². The fraction of sp³-hybridized carbons (Fsp3) is 0.222. The van der Waals surface area contributed by atoms with E-state index in [1.54, 1.807) is 0 Å². The smallest absolute Gasteiger partial charge is 0.122 e. The normalized spacial score (nSPS) is 13.9. The predicted molar refractivity (Wildman–Crippen MR) is 88.4 cm³/mol. The number of aryl methyl sites for hydroxylation is 1. The van der Waals surface area contributed by atoms with Crippen molar-refractivity contribution in [2.24, 2.45) is 0 Å². The summed E-state index contributed by atoms with van der Waals surface area (Å²) in [6.07, 6.45) is 8.50. The van der Waals surface area contributed by atoms with Crippen LogP contribution in [0.3, 0.4) is 0 Å². The van der Waals surface area contributed by atoms with E-state index in [1.165, 1.54) is 24.1 Å². The summed E-state index contributed by atoms with van der Waals surface area (Å²) in [7, 11) is 0. The van der Waals surface area contributed by atoms with Gasteiger partial charge in [0.05, 0.1) is 5.56 Å². The first-order valence-electron chi connectivity index (χ1n) is 7.21. The Hall–Kier alpha value is -2.18. The molecular formula is C18H16N2S. The molecule has 0 saturated heterocycles. The monoisotopic (exact) mass is 292 g/mol. The van der Waals surface area contributed by atoms with Gasteiger partial charge in [-0.05, 0) is 36.8 Å². The fourth-order valence-corrected chi connectivity index (χ4v) is 3.13. The number of aromatic amines is 1. The molecule has 0 saturated carbocycles. The van der Waals surface area contributed by atoms with Gasteiger partial charge in [-0.1, -0.05) is 54.7 Å². The van der Waals surface area contributed by atoms with Crippen LogP contribution in [-0.2, 0) is 12.8 Å². The first kappa shape index (κ1) is 13.8. The van der Waals surface area contributed by atoms with E-state index in [-0.39, 0.29) is 0 Å². The van der Waals surface area contributed by atoms with E-state index >= 15 is 0 Å². The molecule has 2 aromatic rings. The summed E-state index contributed by atoms with van der Waals surface area (Å²) in [5, 5.41) is 9.43. The quantitative estimate of drug-likeness (QED) is 0.817. The zero-order chi connectivity index (χ0) is 14.7. The molecule has 3 heteroatoms. The van der Waals surface area contributed by atoms with Crippen LogP contribution in [0.25, 0.3) is 12.2 Å². The molecule has 0 amide bonds. The minimum Gasteiger partial charge on any atom is -0.349 e. The molecule has 2 nitrogen and oxygen atoms in total. The zero-order valence-electron chi connectivity index (χ0n) is 11.7. The van der Waals surface area contributed by atoms with E-state index in [9.17, 15) is 5.26 Å². The van der Waals surface area contributed by atoms with Gasteiger partial charge in [0.15, 0.2) is 0 Å². The van der Waals surface area contributed by atoms with Crippen molar-refractivity contribution in [2.45, 2.75) is 25.7 Å². The lowest BCUT2D eigenvalue weighted by Crippen LogP contribution is -2.09. The van der Waals surface area contributed by atoms with Crippen molar-refractivity contribution in [1.29, 1.82) is 5.26 Å². The molecule has 1 N–H and O–H groups in total. The molecule has 0 unspecified atom stereocenters. The van der Waals surface area contributed by atoms with Gasteiger partial charge in [0.25, 0.3) is 0 Å². The Labute approximate surface area is 129 Å².